The number of ketones is 1. The Kier molecular flexibility index (Phi) is 2.73. The zero-order valence-electron chi connectivity index (χ0n) is 8.77. The first-order valence-electron chi connectivity index (χ1n) is 5.04. The largest absolute Gasteiger partial charge is 0.457 e. The maximum atomic E-state index is 12.7. The van der Waals surface area contributed by atoms with Gasteiger partial charge in [0.15, 0.2) is 0 Å². The SMILES string of the molecule is CC(=O)C1CC(c2ccc(F)cc2)OC1=O. The summed E-state index contributed by atoms with van der Waals surface area (Å²) < 4.78 is 17.8. The fourth-order valence-electron chi connectivity index (χ4n) is 1.79. The van der Waals surface area contributed by atoms with E-state index in [4.69, 9.17) is 4.74 Å². The van der Waals surface area contributed by atoms with Gasteiger partial charge in [-0.25, -0.2) is 4.39 Å². The number of esters is 1. The zero-order chi connectivity index (χ0) is 11.7. The van der Waals surface area contributed by atoms with E-state index in [1.807, 2.05) is 0 Å². The molecule has 0 N–H and O–H groups in total. The first-order valence-corrected chi connectivity index (χ1v) is 5.04. The summed E-state index contributed by atoms with van der Waals surface area (Å²) in [6, 6.07) is 5.75. The minimum Gasteiger partial charge on any atom is -0.457 e. The Morgan fingerprint density at radius 1 is 1.38 bits per heavy atom. The number of carbonyl (C=O) groups excluding carboxylic acids is 2. The van der Waals surface area contributed by atoms with Crippen molar-refractivity contribution in [1.29, 1.82) is 0 Å². The predicted octanol–water partition coefficient (Wildman–Crippen LogP) is 2.02. The first kappa shape index (κ1) is 10.8. The third-order valence-electron chi connectivity index (χ3n) is 2.73. The van der Waals surface area contributed by atoms with E-state index in [0.29, 0.717) is 6.42 Å². The van der Waals surface area contributed by atoms with Crippen LogP contribution in [0.25, 0.3) is 0 Å². The van der Waals surface area contributed by atoms with E-state index in [1.54, 1.807) is 12.1 Å². The Balaban J connectivity index is 2.16. The van der Waals surface area contributed by atoms with Crippen LogP contribution in [0.4, 0.5) is 4.39 Å². The van der Waals surface area contributed by atoms with Crippen LogP contribution in [0.5, 0.6) is 0 Å². The molecule has 1 aliphatic heterocycles. The summed E-state index contributed by atoms with van der Waals surface area (Å²) in [5.41, 5.74) is 0.721. The van der Waals surface area contributed by atoms with E-state index in [-0.39, 0.29) is 11.6 Å². The Labute approximate surface area is 92.2 Å². The van der Waals surface area contributed by atoms with Gasteiger partial charge in [0.25, 0.3) is 0 Å². The standard InChI is InChI=1S/C12H11FO3/c1-7(14)10-6-11(16-12(10)15)8-2-4-9(13)5-3-8/h2-5,10-11H,6H2,1H3. The molecular formula is C12H11FO3. The number of Topliss-reactive ketones (excluding diaryl/α,β-unsaturated/α-hetero) is 1. The van der Waals surface area contributed by atoms with Gasteiger partial charge in [0, 0.05) is 6.42 Å². The number of benzene rings is 1. The molecule has 1 heterocycles. The van der Waals surface area contributed by atoms with Crippen molar-refractivity contribution in [3.05, 3.63) is 35.6 Å². The van der Waals surface area contributed by atoms with Crippen LogP contribution in [0.15, 0.2) is 24.3 Å². The molecule has 2 rings (SSSR count). The van der Waals surface area contributed by atoms with Crippen LogP contribution >= 0.6 is 0 Å². The normalized spacial score (nSPS) is 24.2. The van der Waals surface area contributed by atoms with Crippen LogP contribution in [-0.2, 0) is 14.3 Å². The quantitative estimate of drug-likeness (QED) is 0.568. The van der Waals surface area contributed by atoms with E-state index in [9.17, 15) is 14.0 Å². The third-order valence-corrected chi connectivity index (χ3v) is 2.73. The Morgan fingerprint density at radius 2 is 2.00 bits per heavy atom. The van der Waals surface area contributed by atoms with Gasteiger partial charge < -0.3 is 4.74 Å². The third kappa shape index (κ3) is 1.96. The summed E-state index contributed by atoms with van der Waals surface area (Å²) in [5, 5.41) is 0. The lowest BCUT2D eigenvalue weighted by Crippen LogP contribution is -2.15. The average Bonchev–Trinajstić information content (AvgIpc) is 2.61. The minimum atomic E-state index is -0.671. The van der Waals surface area contributed by atoms with Gasteiger partial charge in [-0.1, -0.05) is 12.1 Å². The van der Waals surface area contributed by atoms with Crippen LogP contribution in [0, 0.1) is 11.7 Å². The Bertz CT molecular complexity index is 424. The lowest BCUT2D eigenvalue weighted by molar-refractivity contribution is -0.146. The number of ether oxygens (including phenoxy) is 1. The fraction of sp³-hybridized carbons (Fsp3) is 0.333. The molecule has 0 bridgehead atoms. The maximum Gasteiger partial charge on any atom is 0.317 e. The van der Waals surface area contributed by atoms with E-state index in [0.717, 1.165) is 5.56 Å². The summed E-state index contributed by atoms with van der Waals surface area (Å²) in [4.78, 5) is 22.5. The molecule has 0 aliphatic carbocycles. The molecule has 3 nitrogen and oxygen atoms in total. The number of carbonyl (C=O) groups is 2. The number of halogens is 1. The summed E-state index contributed by atoms with van der Waals surface area (Å²) in [5.74, 6) is -1.68. The molecule has 1 aromatic rings. The van der Waals surface area contributed by atoms with Crippen LogP contribution in [-0.4, -0.2) is 11.8 Å². The topological polar surface area (TPSA) is 43.4 Å². The number of hydrogen-bond donors (Lipinski definition) is 0. The van der Waals surface area contributed by atoms with Gasteiger partial charge in [0.2, 0.25) is 0 Å². The highest BCUT2D eigenvalue weighted by atomic mass is 19.1. The average molecular weight is 222 g/mol. The van der Waals surface area contributed by atoms with E-state index >= 15 is 0 Å². The molecule has 1 aromatic carbocycles. The smallest absolute Gasteiger partial charge is 0.317 e. The van der Waals surface area contributed by atoms with Gasteiger partial charge in [-0.05, 0) is 24.6 Å². The van der Waals surface area contributed by atoms with Crippen LogP contribution in [0.2, 0.25) is 0 Å². The summed E-state index contributed by atoms with van der Waals surface area (Å²) in [6.45, 7) is 1.37. The number of cyclic esters (lactones) is 1. The van der Waals surface area contributed by atoms with Crippen LogP contribution < -0.4 is 0 Å². The number of rotatable bonds is 2. The zero-order valence-corrected chi connectivity index (χ0v) is 8.77. The highest BCUT2D eigenvalue weighted by molar-refractivity contribution is 5.98. The molecule has 0 aromatic heterocycles. The lowest BCUT2D eigenvalue weighted by Gasteiger charge is -2.08. The molecule has 1 saturated heterocycles. The van der Waals surface area contributed by atoms with Crippen molar-refractivity contribution in [2.45, 2.75) is 19.4 Å². The molecule has 2 unspecified atom stereocenters. The van der Waals surface area contributed by atoms with Crippen molar-refractivity contribution in [3.63, 3.8) is 0 Å². The fourth-order valence-corrected chi connectivity index (χ4v) is 1.79. The molecule has 16 heavy (non-hydrogen) atoms. The van der Waals surface area contributed by atoms with Gasteiger partial charge in [-0.15, -0.1) is 0 Å². The van der Waals surface area contributed by atoms with Crippen LogP contribution in [0.1, 0.15) is 25.0 Å². The Hall–Kier alpha value is -1.71. The van der Waals surface area contributed by atoms with Gasteiger partial charge in [0.1, 0.15) is 23.6 Å². The molecule has 2 atom stereocenters. The van der Waals surface area contributed by atoms with Crippen molar-refractivity contribution >= 4 is 11.8 Å². The maximum absolute atomic E-state index is 12.7. The second kappa shape index (κ2) is 4.04. The molecule has 0 amide bonds. The molecule has 4 heteroatoms. The van der Waals surface area contributed by atoms with E-state index < -0.39 is 18.0 Å². The summed E-state index contributed by atoms with van der Waals surface area (Å²) >= 11 is 0. The van der Waals surface area contributed by atoms with Gasteiger partial charge in [-0.3, -0.25) is 9.59 Å². The Morgan fingerprint density at radius 3 is 2.50 bits per heavy atom. The van der Waals surface area contributed by atoms with E-state index in [1.165, 1.54) is 19.1 Å². The second-order valence-corrected chi connectivity index (χ2v) is 3.88. The predicted molar refractivity (Wildman–Crippen MR) is 54.0 cm³/mol. The highest BCUT2D eigenvalue weighted by Crippen LogP contribution is 2.33. The molecular weight excluding hydrogens is 211 g/mol. The molecule has 1 aliphatic rings. The molecule has 1 fully saturated rings. The van der Waals surface area contributed by atoms with Gasteiger partial charge in [0.05, 0.1) is 0 Å². The highest BCUT2D eigenvalue weighted by Gasteiger charge is 2.38. The first-order chi connectivity index (χ1) is 7.58. The lowest BCUT2D eigenvalue weighted by atomic mass is 9.97. The van der Waals surface area contributed by atoms with Crippen molar-refractivity contribution in [2.24, 2.45) is 5.92 Å². The van der Waals surface area contributed by atoms with Crippen molar-refractivity contribution in [2.75, 3.05) is 0 Å². The minimum absolute atomic E-state index is 0.186. The molecule has 0 radical (unpaired) electrons. The summed E-state index contributed by atoms with van der Waals surface area (Å²) in [6.07, 6.45) is -0.0817. The summed E-state index contributed by atoms with van der Waals surface area (Å²) in [7, 11) is 0. The number of hydrogen-bond acceptors (Lipinski definition) is 3. The van der Waals surface area contributed by atoms with Crippen molar-refractivity contribution in [1.82, 2.24) is 0 Å². The molecule has 0 saturated carbocycles. The van der Waals surface area contributed by atoms with Crippen molar-refractivity contribution < 1.29 is 18.7 Å². The van der Waals surface area contributed by atoms with E-state index in [2.05, 4.69) is 0 Å². The monoisotopic (exact) mass is 222 g/mol. The molecule has 84 valence electrons. The van der Waals surface area contributed by atoms with Gasteiger partial charge >= 0.3 is 5.97 Å². The van der Waals surface area contributed by atoms with Gasteiger partial charge in [-0.2, -0.15) is 0 Å². The molecule has 0 spiro atoms. The van der Waals surface area contributed by atoms with Crippen LogP contribution in [0.3, 0.4) is 0 Å². The van der Waals surface area contributed by atoms with Crippen molar-refractivity contribution in [3.8, 4) is 0 Å². The second-order valence-electron chi connectivity index (χ2n) is 3.88.